The van der Waals surface area contributed by atoms with E-state index in [1.165, 1.54) is 0 Å². The number of nitrogen functional groups attached to an aromatic ring is 1. The summed E-state index contributed by atoms with van der Waals surface area (Å²) in [6, 6.07) is 7.11. The van der Waals surface area contributed by atoms with Crippen LogP contribution in [0, 0.1) is 5.82 Å². The number of hydrogen-bond acceptors (Lipinski definition) is 3. The molecule has 9 heteroatoms. The largest absolute Gasteiger partial charge is 0.398 e. The zero-order chi connectivity index (χ0) is 15.8. The second-order valence-electron chi connectivity index (χ2n) is 4.03. The van der Waals surface area contributed by atoms with Gasteiger partial charge in [-0.2, -0.15) is 0 Å². The minimum Gasteiger partial charge on any atom is -0.398 e. The van der Waals surface area contributed by atoms with Gasteiger partial charge in [-0.25, -0.2) is 12.8 Å². The van der Waals surface area contributed by atoms with Crippen LogP contribution in [0.2, 0.25) is 0 Å². The Kier molecular flexibility index (Phi) is 4.96. The second kappa shape index (κ2) is 6.23. The monoisotopic (exact) mass is 500 g/mol. The van der Waals surface area contributed by atoms with Crippen LogP contribution in [-0.4, -0.2) is 8.42 Å². The Labute approximate surface area is 146 Å². The van der Waals surface area contributed by atoms with Crippen molar-refractivity contribution in [1.82, 2.24) is 0 Å². The SMILES string of the molecule is Nc1cc(F)c(Br)cc1S(=O)(=O)Nc1cc(Br)ccc1Br. The lowest BCUT2D eigenvalue weighted by molar-refractivity contribution is 0.599. The summed E-state index contributed by atoms with van der Waals surface area (Å²) in [6.45, 7) is 0. The Hall–Kier alpha value is -0.640. The van der Waals surface area contributed by atoms with Gasteiger partial charge in [0.25, 0.3) is 10.0 Å². The molecule has 2 aromatic carbocycles. The van der Waals surface area contributed by atoms with Crippen molar-refractivity contribution in [3.8, 4) is 0 Å². The van der Waals surface area contributed by atoms with Gasteiger partial charge < -0.3 is 5.73 Å². The Morgan fingerprint density at radius 1 is 1.05 bits per heavy atom. The van der Waals surface area contributed by atoms with Crippen LogP contribution in [0.1, 0.15) is 0 Å². The normalized spacial score (nSPS) is 11.4. The van der Waals surface area contributed by atoms with Crippen LogP contribution in [0.15, 0.2) is 48.6 Å². The highest BCUT2D eigenvalue weighted by Gasteiger charge is 2.21. The molecule has 0 aromatic heterocycles. The Bertz CT molecular complexity index is 812. The number of rotatable bonds is 3. The van der Waals surface area contributed by atoms with E-state index in [9.17, 15) is 12.8 Å². The Balaban J connectivity index is 2.48. The summed E-state index contributed by atoms with van der Waals surface area (Å²) in [6.07, 6.45) is 0. The van der Waals surface area contributed by atoms with Crippen molar-refractivity contribution in [3.05, 3.63) is 49.6 Å². The van der Waals surface area contributed by atoms with Gasteiger partial charge in [0.05, 0.1) is 15.8 Å². The first-order valence-electron chi connectivity index (χ1n) is 5.43. The van der Waals surface area contributed by atoms with E-state index < -0.39 is 15.8 Å². The standard InChI is InChI=1S/C12H8Br3FN2O2S/c13-6-1-2-7(14)11(3-6)18-21(19,20)12-4-8(15)9(16)5-10(12)17/h1-5,18H,17H2. The predicted molar refractivity (Wildman–Crippen MR) is 91.2 cm³/mol. The van der Waals surface area contributed by atoms with Crippen LogP contribution in [0.4, 0.5) is 15.8 Å². The summed E-state index contributed by atoms with van der Waals surface area (Å²) in [5.74, 6) is -0.630. The maximum absolute atomic E-state index is 13.3. The number of benzene rings is 2. The van der Waals surface area contributed by atoms with Gasteiger partial charge in [0.15, 0.2) is 0 Å². The second-order valence-corrected chi connectivity index (χ2v) is 8.31. The summed E-state index contributed by atoms with van der Waals surface area (Å²) in [7, 11) is -3.95. The van der Waals surface area contributed by atoms with E-state index in [1.54, 1.807) is 18.2 Å². The van der Waals surface area contributed by atoms with Crippen molar-refractivity contribution >= 4 is 69.2 Å². The molecular weight excluding hydrogens is 495 g/mol. The zero-order valence-corrected chi connectivity index (χ0v) is 15.8. The van der Waals surface area contributed by atoms with Crippen LogP contribution < -0.4 is 10.5 Å². The number of hydrogen-bond donors (Lipinski definition) is 2. The molecule has 21 heavy (non-hydrogen) atoms. The lowest BCUT2D eigenvalue weighted by Crippen LogP contribution is -2.15. The molecule has 2 aromatic rings. The van der Waals surface area contributed by atoms with Gasteiger partial charge in [-0.05, 0) is 62.2 Å². The van der Waals surface area contributed by atoms with E-state index in [4.69, 9.17) is 5.73 Å². The highest BCUT2D eigenvalue weighted by Crippen LogP contribution is 2.31. The van der Waals surface area contributed by atoms with Crippen LogP contribution >= 0.6 is 47.8 Å². The molecule has 0 bridgehead atoms. The van der Waals surface area contributed by atoms with E-state index in [0.717, 1.165) is 12.1 Å². The molecule has 0 saturated carbocycles. The first-order chi connectivity index (χ1) is 9.70. The fraction of sp³-hybridized carbons (Fsp3) is 0. The minimum absolute atomic E-state index is 0.0189. The lowest BCUT2D eigenvalue weighted by Gasteiger charge is -2.12. The first-order valence-corrected chi connectivity index (χ1v) is 9.29. The average molecular weight is 503 g/mol. The van der Waals surface area contributed by atoms with Crippen molar-refractivity contribution < 1.29 is 12.8 Å². The quantitative estimate of drug-likeness (QED) is 0.607. The molecule has 0 unspecified atom stereocenters. The molecule has 2 rings (SSSR count). The van der Waals surface area contributed by atoms with Crippen LogP contribution in [0.3, 0.4) is 0 Å². The molecule has 0 atom stereocenters. The molecule has 0 saturated heterocycles. The molecule has 0 aliphatic rings. The lowest BCUT2D eigenvalue weighted by atomic mass is 10.3. The van der Waals surface area contributed by atoms with Gasteiger partial charge in [-0.15, -0.1) is 0 Å². The van der Waals surface area contributed by atoms with E-state index in [1.807, 2.05) is 0 Å². The third-order valence-electron chi connectivity index (χ3n) is 2.51. The van der Waals surface area contributed by atoms with Crippen LogP contribution in [0.25, 0.3) is 0 Å². The summed E-state index contributed by atoms with van der Waals surface area (Å²) in [5.41, 5.74) is 5.76. The molecule has 4 nitrogen and oxygen atoms in total. The van der Waals surface area contributed by atoms with Crippen molar-refractivity contribution in [2.45, 2.75) is 4.90 Å². The molecule has 0 aliphatic carbocycles. The van der Waals surface area contributed by atoms with Crippen LogP contribution in [0.5, 0.6) is 0 Å². The highest BCUT2D eigenvalue weighted by molar-refractivity contribution is 9.11. The Morgan fingerprint density at radius 3 is 2.38 bits per heavy atom. The molecule has 0 fully saturated rings. The van der Waals surface area contributed by atoms with Gasteiger partial charge in [0, 0.05) is 8.95 Å². The van der Waals surface area contributed by atoms with Gasteiger partial charge in [0.1, 0.15) is 10.7 Å². The van der Waals surface area contributed by atoms with Gasteiger partial charge in [0.2, 0.25) is 0 Å². The summed E-state index contributed by atoms with van der Waals surface area (Å²) >= 11 is 9.45. The predicted octanol–water partition coefficient (Wildman–Crippen LogP) is 4.50. The maximum atomic E-state index is 13.3. The average Bonchev–Trinajstić information content (AvgIpc) is 2.37. The van der Waals surface area contributed by atoms with E-state index >= 15 is 0 Å². The number of anilines is 2. The van der Waals surface area contributed by atoms with Gasteiger partial charge in [-0.1, -0.05) is 15.9 Å². The fourth-order valence-electron chi connectivity index (χ4n) is 1.55. The van der Waals surface area contributed by atoms with E-state index in [-0.39, 0.29) is 15.1 Å². The molecule has 0 radical (unpaired) electrons. The van der Waals surface area contributed by atoms with Gasteiger partial charge >= 0.3 is 0 Å². The molecular formula is C12H8Br3FN2O2S. The molecule has 0 spiro atoms. The summed E-state index contributed by atoms with van der Waals surface area (Å²) in [5, 5.41) is 0. The van der Waals surface area contributed by atoms with Crippen molar-refractivity contribution in [2.75, 3.05) is 10.5 Å². The smallest absolute Gasteiger partial charge is 0.264 e. The molecule has 0 heterocycles. The molecule has 0 amide bonds. The fourth-order valence-corrected chi connectivity index (χ4v) is 4.10. The zero-order valence-electron chi connectivity index (χ0n) is 10.2. The van der Waals surface area contributed by atoms with E-state index in [0.29, 0.717) is 14.6 Å². The van der Waals surface area contributed by atoms with Gasteiger partial charge in [-0.3, -0.25) is 4.72 Å². The highest BCUT2D eigenvalue weighted by atomic mass is 79.9. The summed E-state index contributed by atoms with van der Waals surface area (Å²) in [4.78, 5) is -0.206. The third-order valence-corrected chi connectivity index (χ3v) is 5.73. The van der Waals surface area contributed by atoms with Crippen molar-refractivity contribution in [1.29, 1.82) is 0 Å². The third kappa shape index (κ3) is 3.77. The van der Waals surface area contributed by atoms with E-state index in [2.05, 4.69) is 52.5 Å². The maximum Gasteiger partial charge on any atom is 0.264 e. The number of sulfonamides is 1. The topological polar surface area (TPSA) is 72.2 Å². The molecule has 3 N–H and O–H groups in total. The number of nitrogens with one attached hydrogen (secondary N) is 1. The number of halogens is 4. The molecule has 0 aliphatic heterocycles. The number of nitrogens with two attached hydrogens (primary N) is 1. The van der Waals surface area contributed by atoms with Crippen LogP contribution in [-0.2, 0) is 10.0 Å². The minimum atomic E-state index is -3.95. The van der Waals surface area contributed by atoms with Crippen molar-refractivity contribution in [3.63, 3.8) is 0 Å². The van der Waals surface area contributed by atoms with Crippen molar-refractivity contribution in [2.24, 2.45) is 0 Å². The molecule has 112 valence electrons. The summed E-state index contributed by atoms with van der Waals surface area (Å²) < 4.78 is 41.8. The first kappa shape index (κ1) is 16.7. The Morgan fingerprint density at radius 2 is 1.71 bits per heavy atom.